The van der Waals surface area contributed by atoms with Crippen molar-refractivity contribution in [2.75, 3.05) is 45.3 Å². The first-order valence-electron chi connectivity index (χ1n) is 14.0. The van der Waals surface area contributed by atoms with Gasteiger partial charge in [-0.25, -0.2) is 9.97 Å². The van der Waals surface area contributed by atoms with Crippen molar-refractivity contribution in [3.63, 3.8) is 0 Å². The van der Waals surface area contributed by atoms with Crippen molar-refractivity contribution in [1.29, 1.82) is 0 Å². The fourth-order valence-electron chi connectivity index (χ4n) is 5.71. The standard InChI is InChI=1S/C29H41N5O4/c1-20-6-8-21(9-7-20)26-5-3-4-23(38-26)17-30-28-16-25(31-19-32-28)29(35)34-13-10-22(11-14-34)33-24-12-15-37-18-27(24)36-2/h6-9,16,19,22-24,26-27,33H,3-5,10-15,17-18H2,1-2H3,(H,30,31,32)/t23-,24-,26+,27+/m1/s1. The van der Waals surface area contributed by atoms with Crippen LogP contribution in [-0.2, 0) is 14.2 Å². The van der Waals surface area contributed by atoms with Gasteiger partial charge in [-0.2, -0.15) is 0 Å². The molecule has 0 unspecified atom stereocenters. The smallest absolute Gasteiger partial charge is 0.272 e. The third-order valence-corrected chi connectivity index (χ3v) is 8.03. The number of rotatable bonds is 8. The van der Waals surface area contributed by atoms with E-state index in [1.54, 1.807) is 13.2 Å². The Bertz CT molecular complexity index is 1040. The number of anilines is 1. The number of carbonyl (C=O) groups excluding carboxylic acids is 1. The van der Waals surface area contributed by atoms with E-state index in [-0.39, 0.29) is 24.2 Å². The van der Waals surface area contributed by atoms with Gasteiger partial charge in [0.2, 0.25) is 0 Å². The van der Waals surface area contributed by atoms with E-state index in [1.165, 1.54) is 17.5 Å². The van der Waals surface area contributed by atoms with Crippen LogP contribution in [0.1, 0.15) is 66.2 Å². The first-order valence-corrected chi connectivity index (χ1v) is 14.0. The fourth-order valence-corrected chi connectivity index (χ4v) is 5.71. The van der Waals surface area contributed by atoms with Gasteiger partial charge in [-0.1, -0.05) is 29.8 Å². The molecular formula is C29H41N5O4. The molecule has 9 nitrogen and oxygen atoms in total. The number of likely N-dealkylation sites (tertiary alicyclic amines) is 1. The molecule has 38 heavy (non-hydrogen) atoms. The van der Waals surface area contributed by atoms with Crippen molar-refractivity contribution in [2.24, 2.45) is 0 Å². The van der Waals surface area contributed by atoms with Crippen LogP contribution in [-0.4, -0.2) is 85.0 Å². The van der Waals surface area contributed by atoms with Crippen LogP contribution in [0, 0.1) is 6.92 Å². The third-order valence-electron chi connectivity index (χ3n) is 8.03. The van der Waals surface area contributed by atoms with E-state index in [0.717, 1.165) is 45.1 Å². The second-order valence-corrected chi connectivity index (χ2v) is 10.7. The SMILES string of the molecule is CO[C@H]1COCC[C@H]1NC1CCN(C(=O)c2cc(NC[C@H]3CCC[C@@H](c4ccc(C)cc4)O3)ncn2)CC1. The van der Waals surface area contributed by atoms with Crippen molar-refractivity contribution in [1.82, 2.24) is 20.2 Å². The number of benzene rings is 1. The van der Waals surface area contributed by atoms with Gasteiger partial charge in [-0.05, 0) is 51.0 Å². The zero-order valence-electron chi connectivity index (χ0n) is 22.6. The number of aromatic nitrogens is 2. The molecule has 0 aliphatic carbocycles. The zero-order valence-corrected chi connectivity index (χ0v) is 22.6. The maximum atomic E-state index is 13.2. The molecule has 1 aromatic carbocycles. The predicted octanol–water partition coefficient (Wildman–Crippen LogP) is 3.51. The number of hydrogen-bond donors (Lipinski definition) is 2. The lowest BCUT2D eigenvalue weighted by molar-refractivity contribution is -0.0533. The van der Waals surface area contributed by atoms with Crippen molar-refractivity contribution in [3.8, 4) is 0 Å². The number of aryl methyl sites for hydroxylation is 1. The Morgan fingerprint density at radius 3 is 2.71 bits per heavy atom. The summed E-state index contributed by atoms with van der Waals surface area (Å²) in [6.45, 7) is 5.57. The van der Waals surface area contributed by atoms with E-state index >= 15 is 0 Å². The Morgan fingerprint density at radius 1 is 1.11 bits per heavy atom. The highest BCUT2D eigenvalue weighted by Gasteiger charge is 2.31. The number of methoxy groups -OCH3 is 1. The molecule has 0 bridgehead atoms. The molecule has 4 atom stereocenters. The molecule has 4 heterocycles. The zero-order chi connectivity index (χ0) is 26.3. The molecule has 9 heteroatoms. The van der Waals surface area contributed by atoms with Gasteiger partial charge in [0.1, 0.15) is 17.8 Å². The molecule has 0 radical (unpaired) electrons. The second kappa shape index (κ2) is 13.0. The maximum Gasteiger partial charge on any atom is 0.272 e. The summed E-state index contributed by atoms with van der Waals surface area (Å²) in [5.41, 5.74) is 2.92. The largest absolute Gasteiger partial charge is 0.379 e. The lowest BCUT2D eigenvalue weighted by Crippen LogP contribution is -2.54. The van der Waals surface area contributed by atoms with Gasteiger partial charge in [-0.3, -0.25) is 4.79 Å². The first-order chi connectivity index (χ1) is 18.6. The topological polar surface area (TPSA) is 97.8 Å². The monoisotopic (exact) mass is 523 g/mol. The maximum absolute atomic E-state index is 13.2. The van der Waals surface area contributed by atoms with Gasteiger partial charge in [0.05, 0.1) is 24.9 Å². The summed E-state index contributed by atoms with van der Waals surface area (Å²) in [5.74, 6) is 0.620. The van der Waals surface area contributed by atoms with Crippen molar-refractivity contribution < 1.29 is 19.0 Å². The first kappa shape index (κ1) is 27.0. The summed E-state index contributed by atoms with van der Waals surface area (Å²) < 4.78 is 17.5. The van der Waals surface area contributed by atoms with Crippen molar-refractivity contribution >= 4 is 11.7 Å². The number of amides is 1. The molecule has 3 fully saturated rings. The molecule has 2 N–H and O–H groups in total. The Labute approximate surface area is 225 Å². The lowest BCUT2D eigenvalue weighted by Gasteiger charge is -2.38. The van der Waals surface area contributed by atoms with Gasteiger partial charge in [0, 0.05) is 51.5 Å². The highest BCUT2D eigenvalue weighted by Crippen LogP contribution is 2.31. The molecule has 5 rings (SSSR count). The molecule has 3 aliphatic heterocycles. The average molecular weight is 524 g/mol. The fraction of sp³-hybridized carbons (Fsp3) is 0.621. The van der Waals surface area contributed by atoms with Crippen molar-refractivity contribution in [3.05, 3.63) is 53.5 Å². The molecule has 0 spiro atoms. The molecule has 206 valence electrons. The summed E-state index contributed by atoms with van der Waals surface area (Å²) >= 11 is 0. The molecular weight excluding hydrogens is 482 g/mol. The van der Waals surface area contributed by atoms with Gasteiger partial charge in [0.15, 0.2) is 0 Å². The molecule has 1 aromatic heterocycles. The molecule has 1 amide bonds. The van der Waals surface area contributed by atoms with Crippen LogP contribution in [0.5, 0.6) is 0 Å². The van der Waals surface area contributed by atoms with Gasteiger partial charge >= 0.3 is 0 Å². The summed E-state index contributed by atoms with van der Waals surface area (Å²) in [5, 5.41) is 7.12. The summed E-state index contributed by atoms with van der Waals surface area (Å²) in [6.07, 6.45) is 7.74. The average Bonchev–Trinajstić information content (AvgIpc) is 2.97. The molecule has 0 saturated carbocycles. The van der Waals surface area contributed by atoms with Gasteiger partial charge in [-0.15, -0.1) is 0 Å². The van der Waals surface area contributed by atoms with Crippen molar-refractivity contribution in [2.45, 2.75) is 75.8 Å². The predicted molar refractivity (Wildman–Crippen MR) is 145 cm³/mol. The van der Waals surface area contributed by atoms with Crippen LogP contribution < -0.4 is 10.6 Å². The number of carbonyl (C=O) groups is 1. The number of nitrogens with zero attached hydrogens (tertiary/aromatic N) is 3. The highest BCUT2D eigenvalue weighted by atomic mass is 16.5. The normalized spacial score (nSPS) is 26.7. The van der Waals surface area contributed by atoms with E-state index in [2.05, 4.69) is 51.8 Å². The Kier molecular flexibility index (Phi) is 9.22. The summed E-state index contributed by atoms with van der Waals surface area (Å²) in [4.78, 5) is 23.7. The summed E-state index contributed by atoms with van der Waals surface area (Å²) in [6, 6.07) is 11.1. The second-order valence-electron chi connectivity index (χ2n) is 10.7. The molecule has 3 aliphatic rings. The van der Waals surface area contributed by atoms with Crippen LogP contribution in [0.15, 0.2) is 36.7 Å². The van der Waals surface area contributed by atoms with E-state index in [4.69, 9.17) is 14.2 Å². The van der Waals surface area contributed by atoms with Crippen LogP contribution in [0.4, 0.5) is 5.82 Å². The quantitative estimate of drug-likeness (QED) is 0.543. The lowest BCUT2D eigenvalue weighted by atomic mass is 9.97. The minimum Gasteiger partial charge on any atom is -0.379 e. The number of ether oxygens (including phenoxy) is 3. The molecule has 2 aromatic rings. The Morgan fingerprint density at radius 2 is 1.92 bits per heavy atom. The number of nitrogens with one attached hydrogen (secondary N) is 2. The van der Waals surface area contributed by atoms with Crippen LogP contribution in [0.25, 0.3) is 0 Å². The van der Waals surface area contributed by atoms with E-state index in [9.17, 15) is 4.79 Å². The van der Waals surface area contributed by atoms with Gasteiger partial charge in [0.25, 0.3) is 5.91 Å². The third kappa shape index (κ3) is 6.88. The van der Waals surface area contributed by atoms with Crippen LogP contribution in [0.3, 0.4) is 0 Å². The number of hydrogen-bond acceptors (Lipinski definition) is 8. The highest BCUT2D eigenvalue weighted by molar-refractivity contribution is 5.93. The minimum absolute atomic E-state index is 0.0388. The summed E-state index contributed by atoms with van der Waals surface area (Å²) in [7, 11) is 1.74. The van der Waals surface area contributed by atoms with E-state index < -0.39 is 0 Å². The van der Waals surface area contributed by atoms with Crippen LogP contribution >= 0.6 is 0 Å². The Hall–Kier alpha value is -2.59. The molecule has 3 saturated heterocycles. The van der Waals surface area contributed by atoms with Gasteiger partial charge < -0.3 is 29.7 Å². The number of piperidine rings is 1. The van der Waals surface area contributed by atoms with E-state index in [0.29, 0.717) is 49.8 Å². The minimum atomic E-state index is -0.0388. The van der Waals surface area contributed by atoms with Crippen LogP contribution in [0.2, 0.25) is 0 Å². The Balaban J connectivity index is 1.10. The van der Waals surface area contributed by atoms with E-state index in [1.807, 2.05) is 4.90 Å².